The zero-order valence-electron chi connectivity index (χ0n) is 15.6. The van der Waals surface area contributed by atoms with E-state index in [1.54, 1.807) is 14.2 Å². The predicted octanol–water partition coefficient (Wildman–Crippen LogP) is 2.66. The number of allylic oxidation sites excluding steroid dienone is 1. The summed E-state index contributed by atoms with van der Waals surface area (Å²) >= 11 is 0. The molecule has 26 heavy (non-hydrogen) atoms. The molecule has 0 radical (unpaired) electrons. The van der Waals surface area contributed by atoms with Gasteiger partial charge in [0.2, 0.25) is 0 Å². The fourth-order valence-electron chi connectivity index (χ4n) is 5.71. The van der Waals surface area contributed by atoms with Gasteiger partial charge in [-0.15, -0.1) is 0 Å². The highest BCUT2D eigenvalue weighted by atomic mass is 16.5. The minimum absolute atomic E-state index is 0.103. The van der Waals surface area contributed by atoms with Crippen LogP contribution in [0.5, 0.6) is 11.5 Å². The lowest BCUT2D eigenvalue weighted by atomic mass is 9.44. The molecule has 5 rings (SSSR count). The van der Waals surface area contributed by atoms with E-state index in [2.05, 4.69) is 18.3 Å². The highest BCUT2D eigenvalue weighted by molar-refractivity contribution is 6.01. The number of benzene rings is 1. The molecular weight excluding hydrogens is 330 g/mol. The SMILES string of the molecule is CCCCOc1c(OC)ccc2c1[C@@]13CC(=O)C(OC)=C(C1)C31N[C@H]1C2. The van der Waals surface area contributed by atoms with Crippen LogP contribution < -0.4 is 14.8 Å². The van der Waals surface area contributed by atoms with Gasteiger partial charge in [0.15, 0.2) is 23.0 Å². The summed E-state index contributed by atoms with van der Waals surface area (Å²) in [6, 6.07) is 4.55. The molecule has 0 aromatic heterocycles. The van der Waals surface area contributed by atoms with E-state index in [1.165, 1.54) is 11.1 Å². The Morgan fingerprint density at radius 2 is 2.08 bits per heavy atom. The van der Waals surface area contributed by atoms with Crippen LogP contribution in [0.3, 0.4) is 0 Å². The van der Waals surface area contributed by atoms with Crippen LogP contribution in [0.1, 0.15) is 43.7 Å². The number of fused-ring (bicyclic) bond motifs is 2. The third kappa shape index (κ3) is 1.68. The predicted molar refractivity (Wildman–Crippen MR) is 96.7 cm³/mol. The average molecular weight is 355 g/mol. The molecule has 0 amide bonds. The molecule has 4 aliphatic rings. The number of rotatable bonds is 6. The summed E-state index contributed by atoms with van der Waals surface area (Å²) in [6.07, 6.45) is 4.39. The Morgan fingerprint density at radius 1 is 1.23 bits per heavy atom. The Morgan fingerprint density at radius 3 is 2.81 bits per heavy atom. The molecule has 1 saturated heterocycles. The van der Waals surface area contributed by atoms with Crippen LogP contribution in [0.2, 0.25) is 0 Å². The zero-order valence-corrected chi connectivity index (χ0v) is 15.6. The summed E-state index contributed by atoms with van der Waals surface area (Å²) in [4.78, 5) is 12.7. The number of hydrogen-bond acceptors (Lipinski definition) is 5. The van der Waals surface area contributed by atoms with Gasteiger partial charge in [0.05, 0.1) is 26.4 Å². The summed E-state index contributed by atoms with van der Waals surface area (Å²) in [5.41, 5.74) is 3.33. The average Bonchev–Trinajstić information content (AvgIpc) is 3.39. The first kappa shape index (κ1) is 16.2. The van der Waals surface area contributed by atoms with E-state index in [-0.39, 0.29) is 16.7 Å². The summed E-state index contributed by atoms with van der Waals surface area (Å²) in [6.45, 7) is 2.83. The van der Waals surface area contributed by atoms with Crippen LogP contribution in [-0.4, -0.2) is 38.2 Å². The Balaban J connectivity index is 1.67. The molecule has 1 heterocycles. The van der Waals surface area contributed by atoms with Crippen LogP contribution in [0.25, 0.3) is 0 Å². The van der Waals surface area contributed by atoms with Gasteiger partial charge in [-0.2, -0.15) is 0 Å². The van der Waals surface area contributed by atoms with Crippen molar-refractivity contribution in [1.82, 2.24) is 5.32 Å². The summed E-state index contributed by atoms with van der Waals surface area (Å²) < 4.78 is 17.3. The van der Waals surface area contributed by atoms with Crippen LogP contribution in [0.15, 0.2) is 23.5 Å². The minimum atomic E-state index is -0.213. The number of ketones is 1. The first-order valence-corrected chi connectivity index (χ1v) is 9.54. The van der Waals surface area contributed by atoms with E-state index >= 15 is 0 Å². The summed E-state index contributed by atoms with van der Waals surface area (Å²) in [5, 5.41) is 3.71. The molecular formula is C21H25NO4. The fourth-order valence-corrected chi connectivity index (χ4v) is 5.71. The largest absolute Gasteiger partial charge is 0.493 e. The van der Waals surface area contributed by atoms with Crippen LogP contribution >= 0.6 is 0 Å². The molecule has 2 fully saturated rings. The van der Waals surface area contributed by atoms with E-state index in [4.69, 9.17) is 14.2 Å². The minimum Gasteiger partial charge on any atom is -0.493 e. The van der Waals surface area contributed by atoms with Gasteiger partial charge >= 0.3 is 0 Å². The van der Waals surface area contributed by atoms with Crippen molar-refractivity contribution >= 4 is 5.78 Å². The van der Waals surface area contributed by atoms with Crippen molar-refractivity contribution in [3.63, 3.8) is 0 Å². The number of Topliss-reactive ketones (excluding diaryl/α,β-unsaturated/α-hetero) is 1. The third-order valence-corrected chi connectivity index (χ3v) is 6.82. The summed E-state index contributed by atoms with van der Waals surface area (Å²) in [7, 11) is 3.29. The van der Waals surface area contributed by atoms with Crippen LogP contribution in [-0.2, 0) is 21.4 Å². The Labute approximate surface area is 153 Å². The van der Waals surface area contributed by atoms with Crippen molar-refractivity contribution in [2.75, 3.05) is 20.8 Å². The highest BCUT2D eigenvalue weighted by Crippen LogP contribution is 2.73. The van der Waals surface area contributed by atoms with Crippen molar-refractivity contribution in [1.29, 1.82) is 0 Å². The molecule has 3 atom stereocenters. The first-order chi connectivity index (χ1) is 12.6. The van der Waals surface area contributed by atoms with E-state index in [0.717, 1.165) is 42.8 Å². The first-order valence-electron chi connectivity index (χ1n) is 9.54. The van der Waals surface area contributed by atoms with Gasteiger partial charge in [0, 0.05) is 23.4 Å². The molecule has 1 N–H and O–H groups in total. The normalized spacial score (nSPS) is 32.9. The van der Waals surface area contributed by atoms with Gasteiger partial charge < -0.3 is 19.5 Å². The molecule has 1 aromatic carbocycles. The molecule has 1 unspecified atom stereocenters. The molecule has 1 aliphatic heterocycles. The second-order valence-corrected chi connectivity index (χ2v) is 7.91. The lowest BCUT2D eigenvalue weighted by Gasteiger charge is -2.58. The van der Waals surface area contributed by atoms with E-state index in [1.807, 2.05) is 6.07 Å². The summed E-state index contributed by atoms with van der Waals surface area (Å²) in [5.74, 6) is 2.31. The lowest BCUT2D eigenvalue weighted by Crippen LogP contribution is -2.63. The highest BCUT2D eigenvalue weighted by Gasteiger charge is 2.81. The smallest absolute Gasteiger partial charge is 0.198 e. The van der Waals surface area contributed by atoms with Gasteiger partial charge in [-0.25, -0.2) is 0 Å². The van der Waals surface area contributed by atoms with Crippen molar-refractivity contribution in [2.45, 2.75) is 56.0 Å². The van der Waals surface area contributed by atoms with Crippen LogP contribution in [0, 0.1) is 0 Å². The van der Waals surface area contributed by atoms with Crippen molar-refractivity contribution < 1.29 is 19.0 Å². The Hall–Kier alpha value is -2.01. The lowest BCUT2D eigenvalue weighted by molar-refractivity contribution is -0.123. The Kier molecular flexibility index (Phi) is 3.27. The van der Waals surface area contributed by atoms with Crippen molar-refractivity contribution in [2.24, 2.45) is 0 Å². The van der Waals surface area contributed by atoms with Crippen LogP contribution in [0.4, 0.5) is 0 Å². The van der Waals surface area contributed by atoms with Gasteiger partial charge in [-0.1, -0.05) is 19.4 Å². The number of carbonyl (C=O) groups is 1. The number of hydrogen-bond donors (Lipinski definition) is 1. The van der Waals surface area contributed by atoms with Crippen molar-refractivity contribution in [3.05, 3.63) is 34.6 Å². The number of unbranched alkanes of at least 4 members (excludes halogenated alkanes) is 1. The van der Waals surface area contributed by atoms with E-state index < -0.39 is 0 Å². The Bertz CT molecular complexity index is 845. The van der Waals surface area contributed by atoms with Crippen molar-refractivity contribution in [3.8, 4) is 11.5 Å². The molecule has 1 aromatic rings. The van der Waals surface area contributed by atoms with Gasteiger partial charge in [-0.05, 0) is 36.5 Å². The second-order valence-electron chi connectivity index (χ2n) is 7.91. The maximum Gasteiger partial charge on any atom is 0.198 e. The van der Waals surface area contributed by atoms with Gasteiger partial charge in [0.25, 0.3) is 0 Å². The quantitative estimate of drug-likeness (QED) is 0.628. The van der Waals surface area contributed by atoms with E-state index in [0.29, 0.717) is 24.8 Å². The number of nitrogens with one attached hydrogen (secondary N) is 1. The topological polar surface area (TPSA) is 66.7 Å². The molecule has 5 heteroatoms. The van der Waals surface area contributed by atoms with Gasteiger partial charge in [-0.3, -0.25) is 4.79 Å². The number of ether oxygens (including phenoxy) is 3. The molecule has 2 spiro atoms. The van der Waals surface area contributed by atoms with Gasteiger partial charge in [0.1, 0.15) is 0 Å². The standard InChI is InChI=1S/C21H25NO4/c1-4-5-8-26-19-15(24-2)7-6-12-9-16-21(22-16)13-10-20(21,17(12)19)11-14(23)18(13)25-3/h6-7,16,22H,4-5,8-11H2,1-3H3/t16-,20-,21?/m0/s1. The molecule has 5 nitrogen and oxygen atoms in total. The van der Waals surface area contributed by atoms with E-state index in [9.17, 15) is 4.79 Å². The third-order valence-electron chi connectivity index (χ3n) is 6.82. The maximum absolute atomic E-state index is 12.7. The second kappa shape index (κ2) is 5.26. The molecule has 1 saturated carbocycles. The molecule has 2 bridgehead atoms. The number of carbonyl (C=O) groups excluding carboxylic acids is 1. The number of methoxy groups -OCH3 is 2. The molecule has 3 aliphatic carbocycles. The monoisotopic (exact) mass is 355 g/mol. The maximum atomic E-state index is 12.7. The fraction of sp³-hybridized carbons (Fsp3) is 0.571. The zero-order chi connectivity index (χ0) is 18.1. The molecule has 138 valence electrons.